The third kappa shape index (κ3) is 3.51. The minimum Gasteiger partial charge on any atom is -0.368 e. The maximum absolute atomic E-state index is 13.2. The highest BCUT2D eigenvalue weighted by atomic mass is 16.2. The van der Waals surface area contributed by atoms with E-state index < -0.39 is 11.6 Å². The minimum absolute atomic E-state index is 0.203. The summed E-state index contributed by atoms with van der Waals surface area (Å²) in [6.07, 6.45) is 0.419. The molecule has 4 amide bonds. The van der Waals surface area contributed by atoms with Gasteiger partial charge in [-0.1, -0.05) is 55.5 Å². The quantitative estimate of drug-likeness (QED) is 0.773. The number of benzene rings is 2. The molecule has 2 aromatic carbocycles. The number of imide groups is 1. The Bertz CT molecular complexity index is 926. The largest absolute Gasteiger partial charge is 0.368 e. The van der Waals surface area contributed by atoms with Gasteiger partial charge in [0, 0.05) is 31.9 Å². The summed E-state index contributed by atoms with van der Waals surface area (Å²) in [4.78, 5) is 43.7. The van der Waals surface area contributed by atoms with E-state index in [-0.39, 0.29) is 18.4 Å². The van der Waals surface area contributed by atoms with Crippen LogP contribution >= 0.6 is 0 Å². The van der Waals surface area contributed by atoms with Crippen LogP contribution in [0.25, 0.3) is 0 Å². The van der Waals surface area contributed by atoms with Crippen LogP contribution in [0.4, 0.5) is 10.5 Å². The van der Waals surface area contributed by atoms with Crippen LogP contribution in [0.1, 0.15) is 18.9 Å². The first-order chi connectivity index (χ1) is 14.5. The number of nitrogens with zero attached hydrogens (tertiary/aromatic N) is 3. The summed E-state index contributed by atoms with van der Waals surface area (Å²) in [5.41, 5.74) is 0.761. The van der Waals surface area contributed by atoms with Crippen molar-refractivity contribution < 1.29 is 14.4 Å². The number of carbonyl (C=O) groups is 3. The molecule has 2 aliphatic rings. The Balaban J connectivity index is 1.41. The van der Waals surface area contributed by atoms with Gasteiger partial charge in [0.05, 0.1) is 0 Å². The molecule has 4 rings (SSSR count). The fourth-order valence-electron chi connectivity index (χ4n) is 4.22. The van der Waals surface area contributed by atoms with Gasteiger partial charge in [0.1, 0.15) is 12.1 Å². The molecule has 1 unspecified atom stereocenters. The van der Waals surface area contributed by atoms with Crippen LogP contribution in [0.3, 0.4) is 0 Å². The molecule has 7 nitrogen and oxygen atoms in total. The lowest BCUT2D eigenvalue weighted by atomic mass is 9.87. The van der Waals surface area contributed by atoms with Crippen LogP contribution in [-0.4, -0.2) is 60.4 Å². The van der Waals surface area contributed by atoms with Crippen molar-refractivity contribution in [2.24, 2.45) is 0 Å². The molecule has 0 aliphatic carbocycles. The molecule has 2 aromatic rings. The second kappa shape index (κ2) is 8.18. The normalized spacial score (nSPS) is 21.7. The molecule has 0 spiro atoms. The van der Waals surface area contributed by atoms with Crippen molar-refractivity contribution in [2.45, 2.75) is 18.9 Å². The molecule has 0 radical (unpaired) electrons. The number of nitrogens with one attached hydrogen (secondary N) is 1. The van der Waals surface area contributed by atoms with Crippen molar-refractivity contribution >= 4 is 23.5 Å². The zero-order valence-corrected chi connectivity index (χ0v) is 17.1. The fraction of sp³-hybridized carbons (Fsp3) is 0.348. The van der Waals surface area contributed by atoms with Gasteiger partial charge in [0.15, 0.2) is 0 Å². The van der Waals surface area contributed by atoms with Gasteiger partial charge in [0.25, 0.3) is 5.91 Å². The molecule has 0 saturated carbocycles. The minimum atomic E-state index is -1.11. The summed E-state index contributed by atoms with van der Waals surface area (Å²) >= 11 is 0. The smallest absolute Gasteiger partial charge is 0.325 e. The number of piperazine rings is 1. The monoisotopic (exact) mass is 406 g/mol. The van der Waals surface area contributed by atoms with Gasteiger partial charge in [-0.25, -0.2) is 4.79 Å². The van der Waals surface area contributed by atoms with E-state index in [1.165, 1.54) is 0 Å². The summed E-state index contributed by atoms with van der Waals surface area (Å²) in [7, 11) is 0. The predicted molar refractivity (Wildman–Crippen MR) is 114 cm³/mol. The summed E-state index contributed by atoms with van der Waals surface area (Å²) < 4.78 is 0. The zero-order valence-electron chi connectivity index (χ0n) is 17.1. The van der Waals surface area contributed by atoms with Crippen molar-refractivity contribution in [1.82, 2.24) is 15.1 Å². The van der Waals surface area contributed by atoms with Gasteiger partial charge in [0.2, 0.25) is 5.91 Å². The topological polar surface area (TPSA) is 73.0 Å². The number of carbonyl (C=O) groups excluding carboxylic acids is 3. The fourth-order valence-corrected chi connectivity index (χ4v) is 4.22. The molecule has 2 saturated heterocycles. The SMILES string of the molecule is CCC1(c2ccccc2)NC(=O)N(CC(=O)N2CCN(c3ccccc3)CC2)C1=O. The van der Waals surface area contributed by atoms with Crippen molar-refractivity contribution in [1.29, 1.82) is 0 Å². The second-order valence-electron chi connectivity index (χ2n) is 7.65. The van der Waals surface area contributed by atoms with E-state index in [4.69, 9.17) is 0 Å². The maximum Gasteiger partial charge on any atom is 0.325 e. The molecule has 2 fully saturated rings. The lowest BCUT2D eigenvalue weighted by molar-refractivity contribution is -0.139. The van der Waals surface area contributed by atoms with Crippen LogP contribution in [0.15, 0.2) is 60.7 Å². The van der Waals surface area contributed by atoms with E-state index >= 15 is 0 Å². The highest BCUT2D eigenvalue weighted by Gasteiger charge is 2.51. The maximum atomic E-state index is 13.2. The van der Waals surface area contributed by atoms with Gasteiger partial charge in [-0.2, -0.15) is 0 Å². The standard InChI is InChI=1S/C23H26N4O3/c1-2-23(18-9-5-3-6-10-18)21(29)27(22(30)24-23)17-20(28)26-15-13-25(14-16-26)19-11-7-4-8-12-19/h3-12H,2,13-17H2,1H3,(H,24,30). The molecule has 1 N–H and O–H groups in total. The molecule has 2 aliphatic heterocycles. The first-order valence-corrected chi connectivity index (χ1v) is 10.3. The highest BCUT2D eigenvalue weighted by Crippen LogP contribution is 2.32. The Morgan fingerprint density at radius 3 is 2.13 bits per heavy atom. The van der Waals surface area contributed by atoms with E-state index in [1.807, 2.05) is 55.5 Å². The lowest BCUT2D eigenvalue weighted by Crippen LogP contribution is -2.52. The number of anilines is 1. The average molecular weight is 406 g/mol. The Kier molecular flexibility index (Phi) is 5.44. The Labute approximate surface area is 176 Å². The lowest BCUT2D eigenvalue weighted by Gasteiger charge is -2.36. The Morgan fingerprint density at radius 1 is 0.933 bits per heavy atom. The summed E-state index contributed by atoms with van der Waals surface area (Å²) in [6, 6.07) is 18.8. The number of para-hydroxylation sites is 1. The Hall–Kier alpha value is -3.35. The highest BCUT2D eigenvalue weighted by molar-refractivity contribution is 6.09. The van der Waals surface area contributed by atoms with Gasteiger partial charge >= 0.3 is 6.03 Å². The van der Waals surface area contributed by atoms with Crippen LogP contribution in [0.5, 0.6) is 0 Å². The van der Waals surface area contributed by atoms with Gasteiger partial charge in [-0.3, -0.25) is 14.5 Å². The zero-order chi connectivity index (χ0) is 21.1. The van der Waals surface area contributed by atoms with E-state index in [1.54, 1.807) is 4.90 Å². The number of urea groups is 1. The molecular formula is C23H26N4O3. The first-order valence-electron chi connectivity index (χ1n) is 10.3. The molecule has 30 heavy (non-hydrogen) atoms. The summed E-state index contributed by atoms with van der Waals surface area (Å²) in [5.74, 6) is -0.566. The molecule has 156 valence electrons. The van der Waals surface area contributed by atoms with E-state index in [0.717, 1.165) is 29.2 Å². The van der Waals surface area contributed by atoms with Crippen molar-refractivity contribution in [3.05, 3.63) is 66.2 Å². The third-order valence-electron chi connectivity index (χ3n) is 6.02. The van der Waals surface area contributed by atoms with Crippen molar-refractivity contribution in [2.75, 3.05) is 37.6 Å². The molecule has 1 atom stereocenters. The van der Waals surface area contributed by atoms with Crippen LogP contribution < -0.4 is 10.2 Å². The van der Waals surface area contributed by atoms with Crippen LogP contribution in [0, 0.1) is 0 Å². The number of rotatable bonds is 5. The van der Waals surface area contributed by atoms with Crippen LogP contribution in [-0.2, 0) is 15.1 Å². The summed E-state index contributed by atoms with van der Waals surface area (Å²) in [6.45, 7) is 4.20. The van der Waals surface area contributed by atoms with Crippen LogP contribution in [0.2, 0.25) is 0 Å². The predicted octanol–water partition coefficient (Wildman–Crippen LogP) is 2.19. The van der Waals surface area contributed by atoms with Gasteiger partial charge in [-0.15, -0.1) is 0 Å². The number of amides is 4. The van der Waals surface area contributed by atoms with E-state index in [2.05, 4.69) is 22.3 Å². The Morgan fingerprint density at radius 2 is 1.53 bits per heavy atom. The van der Waals surface area contributed by atoms with E-state index in [9.17, 15) is 14.4 Å². The molecule has 7 heteroatoms. The second-order valence-corrected chi connectivity index (χ2v) is 7.65. The van der Waals surface area contributed by atoms with Gasteiger partial charge < -0.3 is 15.1 Å². The third-order valence-corrected chi connectivity index (χ3v) is 6.02. The molecule has 0 bridgehead atoms. The van der Waals surface area contributed by atoms with E-state index in [0.29, 0.717) is 19.5 Å². The summed E-state index contributed by atoms with van der Waals surface area (Å²) in [5, 5.41) is 2.83. The van der Waals surface area contributed by atoms with Gasteiger partial charge in [-0.05, 0) is 24.1 Å². The molecular weight excluding hydrogens is 380 g/mol. The number of hydrogen-bond acceptors (Lipinski definition) is 4. The molecule has 0 aromatic heterocycles. The molecule has 2 heterocycles. The van der Waals surface area contributed by atoms with Crippen molar-refractivity contribution in [3.8, 4) is 0 Å². The number of hydrogen-bond donors (Lipinski definition) is 1. The first kappa shape index (κ1) is 19.9. The average Bonchev–Trinajstić information content (AvgIpc) is 3.05. The van der Waals surface area contributed by atoms with Crippen molar-refractivity contribution in [3.63, 3.8) is 0 Å².